The summed E-state index contributed by atoms with van der Waals surface area (Å²) in [6.45, 7) is 1.97. The second-order valence-electron chi connectivity index (χ2n) is 3.71. The third-order valence-electron chi connectivity index (χ3n) is 2.33. The van der Waals surface area contributed by atoms with E-state index < -0.39 is 11.8 Å². The molecule has 1 heterocycles. The van der Waals surface area contributed by atoms with Crippen molar-refractivity contribution in [2.45, 2.75) is 6.92 Å². The summed E-state index contributed by atoms with van der Waals surface area (Å²) in [4.78, 5) is 23.1. The van der Waals surface area contributed by atoms with Crippen LogP contribution in [0.25, 0.3) is 6.08 Å². The molecule has 0 bridgehead atoms. The molecule has 0 saturated carbocycles. The second kappa shape index (κ2) is 4.47. The first-order valence-electron chi connectivity index (χ1n) is 5.01. The van der Waals surface area contributed by atoms with Gasteiger partial charge >= 0.3 is 0 Å². The van der Waals surface area contributed by atoms with Gasteiger partial charge in [0.1, 0.15) is 5.57 Å². The molecule has 1 aliphatic rings. The Bertz CT molecular complexity index is 510. The van der Waals surface area contributed by atoms with Gasteiger partial charge in [0.05, 0.1) is 0 Å². The Labute approximate surface area is 104 Å². The van der Waals surface area contributed by atoms with E-state index in [2.05, 4.69) is 10.6 Å². The summed E-state index contributed by atoms with van der Waals surface area (Å²) in [5.41, 5.74) is 1.97. The van der Waals surface area contributed by atoms with Crippen LogP contribution < -0.4 is 10.6 Å². The summed E-state index contributed by atoms with van der Waals surface area (Å²) in [6.07, 6.45) is 1.53. The van der Waals surface area contributed by atoms with E-state index in [4.69, 9.17) is 12.2 Å². The molecular weight excluding hydrogens is 236 g/mol. The average molecular weight is 246 g/mol. The number of hydrogen-bond donors (Lipinski definition) is 2. The van der Waals surface area contributed by atoms with Crippen molar-refractivity contribution in [1.29, 1.82) is 0 Å². The van der Waals surface area contributed by atoms with Crippen LogP contribution in [0, 0.1) is 6.92 Å². The first-order valence-corrected chi connectivity index (χ1v) is 5.42. The summed E-state index contributed by atoms with van der Waals surface area (Å²) in [7, 11) is 0. The summed E-state index contributed by atoms with van der Waals surface area (Å²) in [5, 5.41) is 4.81. The van der Waals surface area contributed by atoms with Crippen LogP contribution in [0.4, 0.5) is 0 Å². The van der Waals surface area contributed by atoms with Crippen molar-refractivity contribution in [3.05, 3.63) is 41.0 Å². The van der Waals surface area contributed by atoms with Gasteiger partial charge in [-0.2, -0.15) is 0 Å². The van der Waals surface area contributed by atoms with Gasteiger partial charge in [-0.1, -0.05) is 29.8 Å². The fraction of sp³-hybridized carbons (Fsp3) is 0.0833. The van der Waals surface area contributed by atoms with Crippen LogP contribution in [0.3, 0.4) is 0 Å². The van der Waals surface area contributed by atoms with Crippen molar-refractivity contribution < 1.29 is 9.59 Å². The number of benzene rings is 1. The van der Waals surface area contributed by atoms with Crippen LogP contribution in [-0.4, -0.2) is 16.9 Å². The van der Waals surface area contributed by atoms with E-state index in [1.54, 1.807) is 0 Å². The van der Waals surface area contributed by atoms with Gasteiger partial charge in [0, 0.05) is 0 Å². The van der Waals surface area contributed by atoms with E-state index in [0.29, 0.717) is 0 Å². The highest BCUT2D eigenvalue weighted by atomic mass is 32.1. The molecule has 5 heteroatoms. The first kappa shape index (κ1) is 11.5. The molecule has 4 nitrogen and oxygen atoms in total. The van der Waals surface area contributed by atoms with Crippen molar-refractivity contribution >= 4 is 35.2 Å². The lowest BCUT2D eigenvalue weighted by Gasteiger charge is -2.16. The molecule has 0 aliphatic carbocycles. The summed E-state index contributed by atoms with van der Waals surface area (Å²) in [6, 6.07) is 7.51. The minimum absolute atomic E-state index is 0.0426. The molecule has 2 N–H and O–H groups in total. The van der Waals surface area contributed by atoms with Gasteiger partial charge in [-0.15, -0.1) is 0 Å². The molecule has 1 aromatic rings. The molecule has 0 aromatic heterocycles. The highest BCUT2D eigenvalue weighted by molar-refractivity contribution is 7.80. The van der Waals surface area contributed by atoms with E-state index in [1.165, 1.54) is 6.08 Å². The molecule has 17 heavy (non-hydrogen) atoms. The normalized spacial score (nSPS) is 15.4. The fourth-order valence-corrected chi connectivity index (χ4v) is 1.62. The van der Waals surface area contributed by atoms with Crippen LogP contribution >= 0.6 is 12.2 Å². The minimum Gasteiger partial charge on any atom is -0.299 e. The van der Waals surface area contributed by atoms with Gasteiger partial charge in [0.15, 0.2) is 5.11 Å². The summed E-state index contributed by atoms with van der Waals surface area (Å²) >= 11 is 4.70. The van der Waals surface area contributed by atoms with Crippen LogP contribution in [0.5, 0.6) is 0 Å². The molecule has 0 unspecified atom stereocenters. The SMILES string of the molecule is Cc1ccc(C=C2C(=O)NC(=S)NC2=O)cc1. The molecule has 1 aromatic carbocycles. The molecule has 0 spiro atoms. The van der Waals surface area contributed by atoms with Crippen molar-refractivity contribution in [2.75, 3.05) is 0 Å². The maximum absolute atomic E-state index is 11.6. The Morgan fingerprint density at radius 3 is 2.12 bits per heavy atom. The number of hydrogen-bond acceptors (Lipinski definition) is 3. The quantitative estimate of drug-likeness (QED) is 0.440. The largest absolute Gasteiger partial charge is 0.299 e. The zero-order valence-corrected chi connectivity index (χ0v) is 9.93. The molecule has 1 aliphatic heterocycles. The molecule has 2 rings (SSSR count). The third kappa shape index (κ3) is 2.57. The lowest BCUT2D eigenvalue weighted by Crippen LogP contribution is -2.51. The smallest absolute Gasteiger partial charge is 0.263 e. The maximum atomic E-state index is 11.6. The van der Waals surface area contributed by atoms with Gasteiger partial charge in [-0.25, -0.2) is 0 Å². The summed E-state index contributed by atoms with van der Waals surface area (Å²) < 4.78 is 0. The number of amides is 2. The molecule has 0 atom stereocenters. The van der Waals surface area contributed by atoms with Crippen LogP contribution in [0.2, 0.25) is 0 Å². The van der Waals surface area contributed by atoms with E-state index in [0.717, 1.165) is 11.1 Å². The monoisotopic (exact) mass is 246 g/mol. The Balaban J connectivity index is 2.32. The Kier molecular flexibility index (Phi) is 3.01. The average Bonchev–Trinajstić information content (AvgIpc) is 2.26. The number of carbonyl (C=O) groups is 2. The molecular formula is C12H10N2O2S. The highest BCUT2D eigenvalue weighted by Crippen LogP contribution is 2.10. The van der Waals surface area contributed by atoms with Gasteiger partial charge in [-0.05, 0) is 30.8 Å². The van der Waals surface area contributed by atoms with Crippen LogP contribution in [0.15, 0.2) is 29.8 Å². The predicted octanol–water partition coefficient (Wildman–Crippen LogP) is 0.909. The zero-order chi connectivity index (χ0) is 12.4. The number of rotatable bonds is 1. The van der Waals surface area contributed by atoms with E-state index in [1.807, 2.05) is 31.2 Å². The molecule has 0 radical (unpaired) electrons. The number of nitrogens with one attached hydrogen (secondary N) is 2. The molecule has 1 saturated heterocycles. The Morgan fingerprint density at radius 1 is 1.06 bits per heavy atom. The van der Waals surface area contributed by atoms with E-state index in [9.17, 15) is 9.59 Å². The number of carbonyl (C=O) groups excluding carboxylic acids is 2. The molecule has 1 fully saturated rings. The number of thiocarbonyl (C=S) groups is 1. The van der Waals surface area contributed by atoms with E-state index in [-0.39, 0.29) is 10.7 Å². The number of aryl methyl sites for hydroxylation is 1. The van der Waals surface area contributed by atoms with Crippen molar-refractivity contribution in [2.24, 2.45) is 0 Å². The van der Waals surface area contributed by atoms with Gasteiger partial charge < -0.3 is 0 Å². The third-order valence-corrected chi connectivity index (χ3v) is 2.54. The molecule has 86 valence electrons. The summed E-state index contributed by atoms with van der Waals surface area (Å²) in [5.74, 6) is -0.946. The first-order chi connectivity index (χ1) is 8.06. The standard InChI is InChI=1S/C12H10N2O2S/c1-7-2-4-8(5-3-7)6-9-10(15)13-12(17)14-11(9)16/h2-6H,1H3,(H2,13,14,15,16,17). The predicted molar refractivity (Wildman–Crippen MR) is 68.0 cm³/mol. The van der Waals surface area contributed by atoms with Gasteiger partial charge in [-0.3, -0.25) is 20.2 Å². The van der Waals surface area contributed by atoms with Crippen LogP contribution in [-0.2, 0) is 9.59 Å². The fourth-order valence-electron chi connectivity index (χ4n) is 1.44. The minimum atomic E-state index is -0.473. The maximum Gasteiger partial charge on any atom is 0.263 e. The Morgan fingerprint density at radius 2 is 1.59 bits per heavy atom. The van der Waals surface area contributed by atoms with Crippen molar-refractivity contribution in [3.63, 3.8) is 0 Å². The second-order valence-corrected chi connectivity index (χ2v) is 4.11. The van der Waals surface area contributed by atoms with Gasteiger partial charge in [0.25, 0.3) is 11.8 Å². The van der Waals surface area contributed by atoms with Crippen molar-refractivity contribution in [1.82, 2.24) is 10.6 Å². The highest BCUT2D eigenvalue weighted by Gasteiger charge is 2.25. The zero-order valence-electron chi connectivity index (χ0n) is 9.11. The van der Waals surface area contributed by atoms with Gasteiger partial charge in [0.2, 0.25) is 0 Å². The van der Waals surface area contributed by atoms with E-state index >= 15 is 0 Å². The lowest BCUT2D eigenvalue weighted by molar-refractivity contribution is -0.123. The van der Waals surface area contributed by atoms with Crippen LogP contribution in [0.1, 0.15) is 11.1 Å². The molecule has 2 amide bonds. The Hall–Kier alpha value is -2.01. The lowest BCUT2D eigenvalue weighted by atomic mass is 10.1. The topological polar surface area (TPSA) is 58.2 Å². The van der Waals surface area contributed by atoms with Crippen molar-refractivity contribution in [3.8, 4) is 0 Å².